The Labute approximate surface area is 113 Å². The lowest BCUT2D eigenvalue weighted by atomic mass is 10.1. The van der Waals surface area contributed by atoms with Gasteiger partial charge in [-0.25, -0.2) is 4.79 Å². The summed E-state index contributed by atoms with van der Waals surface area (Å²) in [4.78, 5) is 11.9. The van der Waals surface area contributed by atoms with Crippen molar-refractivity contribution in [1.29, 1.82) is 0 Å². The summed E-state index contributed by atoms with van der Waals surface area (Å²) in [6.07, 6.45) is 0.401. The van der Waals surface area contributed by atoms with E-state index in [0.29, 0.717) is 5.75 Å². The van der Waals surface area contributed by atoms with Gasteiger partial charge in [0.2, 0.25) is 0 Å². The first-order valence-corrected chi connectivity index (χ1v) is 6.33. The van der Waals surface area contributed by atoms with Gasteiger partial charge in [-0.05, 0) is 36.6 Å². The highest BCUT2D eigenvalue weighted by Gasteiger charge is 2.09. The second-order valence-corrected chi connectivity index (χ2v) is 4.29. The molecule has 2 aromatic carbocycles. The van der Waals surface area contributed by atoms with E-state index in [0.717, 1.165) is 23.2 Å². The Bertz CT molecular complexity index is 564. The van der Waals surface area contributed by atoms with Gasteiger partial charge in [0.25, 0.3) is 0 Å². The summed E-state index contributed by atoms with van der Waals surface area (Å²) in [6, 6.07) is 15.0. The average molecular weight is 255 g/mol. The molecule has 3 heteroatoms. The molecular formula is C16H17NO2. The molecule has 1 amide bonds. The standard InChI is InChI=1S/C16H17NO2/c1-3-13-9-7-8-12(2)15(13)17-16(18)19-14-10-5-4-6-11-14/h4-11H,3H2,1-2H3,(H,17,18). The Morgan fingerprint density at radius 2 is 1.84 bits per heavy atom. The number of carbonyl (C=O) groups excluding carboxylic acids is 1. The fourth-order valence-electron chi connectivity index (χ4n) is 1.93. The van der Waals surface area contributed by atoms with Crippen LogP contribution in [0.25, 0.3) is 0 Å². The van der Waals surface area contributed by atoms with Crippen LogP contribution in [0, 0.1) is 6.92 Å². The van der Waals surface area contributed by atoms with Crippen LogP contribution in [0.5, 0.6) is 5.75 Å². The van der Waals surface area contributed by atoms with E-state index in [2.05, 4.69) is 12.2 Å². The van der Waals surface area contributed by atoms with Crippen LogP contribution in [-0.2, 0) is 6.42 Å². The minimum atomic E-state index is -0.463. The molecule has 2 aromatic rings. The first-order valence-electron chi connectivity index (χ1n) is 6.33. The van der Waals surface area contributed by atoms with Crippen LogP contribution >= 0.6 is 0 Å². The summed E-state index contributed by atoms with van der Waals surface area (Å²) in [5.74, 6) is 0.534. The SMILES string of the molecule is CCc1cccc(C)c1NC(=O)Oc1ccccc1. The predicted octanol–water partition coefficient (Wildman–Crippen LogP) is 4.17. The molecule has 0 aliphatic rings. The van der Waals surface area contributed by atoms with Gasteiger partial charge in [0.15, 0.2) is 0 Å². The zero-order chi connectivity index (χ0) is 13.7. The average Bonchev–Trinajstić information content (AvgIpc) is 2.42. The van der Waals surface area contributed by atoms with Crippen molar-refractivity contribution in [2.24, 2.45) is 0 Å². The van der Waals surface area contributed by atoms with E-state index in [4.69, 9.17) is 4.74 Å². The number of benzene rings is 2. The molecule has 1 N–H and O–H groups in total. The van der Waals surface area contributed by atoms with Crippen LogP contribution < -0.4 is 10.1 Å². The van der Waals surface area contributed by atoms with Gasteiger partial charge in [-0.15, -0.1) is 0 Å². The molecule has 0 aliphatic carbocycles. The molecule has 0 saturated carbocycles. The molecular weight excluding hydrogens is 238 g/mol. The van der Waals surface area contributed by atoms with Crippen LogP contribution in [0.1, 0.15) is 18.1 Å². The number of hydrogen-bond acceptors (Lipinski definition) is 2. The molecule has 0 unspecified atom stereocenters. The summed E-state index contributed by atoms with van der Waals surface area (Å²) in [5.41, 5.74) is 2.97. The van der Waals surface area contributed by atoms with Crippen molar-refractivity contribution in [3.63, 3.8) is 0 Å². The molecule has 19 heavy (non-hydrogen) atoms. The second kappa shape index (κ2) is 6.05. The maximum Gasteiger partial charge on any atom is 0.417 e. The number of carbonyl (C=O) groups is 1. The van der Waals surface area contributed by atoms with Crippen molar-refractivity contribution in [2.45, 2.75) is 20.3 Å². The first-order chi connectivity index (χ1) is 9.20. The lowest BCUT2D eigenvalue weighted by molar-refractivity contribution is 0.215. The van der Waals surface area contributed by atoms with Crippen LogP contribution in [-0.4, -0.2) is 6.09 Å². The summed E-state index contributed by atoms with van der Waals surface area (Å²) in [7, 11) is 0. The van der Waals surface area contributed by atoms with Gasteiger partial charge < -0.3 is 4.74 Å². The zero-order valence-corrected chi connectivity index (χ0v) is 11.1. The molecule has 0 aromatic heterocycles. The first kappa shape index (κ1) is 13.1. The number of para-hydroxylation sites is 2. The lowest BCUT2D eigenvalue weighted by Crippen LogP contribution is -2.18. The molecule has 0 aliphatic heterocycles. The number of aryl methyl sites for hydroxylation is 2. The normalized spacial score (nSPS) is 10.0. The molecule has 0 bridgehead atoms. The maximum atomic E-state index is 11.9. The fraction of sp³-hybridized carbons (Fsp3) is 0.188. The van der Waals surface area contributed by atoms with E-state index < -0.39 is 6.09 Å². The van der Waals surface area contributed by atoms with E-state index in [1.807, 2.05) is 43.3 Å². The van der Waals surface area contributed by atoms with Gasteiger partial charge in [0.05, 0.1) is 5.69 Å². The Morgan fingerprint density at radius 1 is 1.11 bits per heavy atom. The number of ether oxygens (including phenoxy) is 1. The molecule has 98 valence electrons. The minimum absolute atomic E-state index is 0.463. The summed E-state index contributed by atoms with van der Waals surface area (Å²) < 4.78 is 5.22. The molecule has 0 spiro atoms. The van der Waals surface area contributed by atoms with Gasteiger partial charge in [-0.1, -0.05) is 43.3 Å². The predicted molar refractivity (Wildman–Crippen MR) is 76.6 cm³/mol. The van der Waals surface area contributed by atoms with E-state index >= 15 is 0 Å². The number of amides is 1. The Balaban J connectivity index is 2.11. The van der Waals surface area contributed by atoms with E-state index in [1.54, 1.807) is 12.1 Å². The molecule has 2 rings (SSSR count). The third-order valence-electron chi connectivity index (χ3n) is 2.92. The molecule has 0 atom stereocenters. The minimum Gasteiger partial charge on any atom is -0.410 e. The number of hydrogen-bond donors (Lipinski definition) is 1. The quantitative estimate of drug-likeness (QED) is 0.894. The third-order valence-corrected chi connectivity index (χ3v) is 2.92. The van der Waals surface area contributed by atoms with Gasteiger partial charge in [0, 0.05) is 0 Å². The highest BCUT2D eigenvalue weighted by molar-refractivity contribution is 5.88. The summed E-state index contributed by atoms with van der Waals surface area (Å²) in [6.45, 7) is 4.03. The van der Waals surface area contributed by atoms with Gasteiger partial charge in [0.1, 0.15) is 5.75 Å². The van der Waals surface area contributed by atoms with Crippen molar-refractivity contribution in [3.05, 3.63) is 59.7 Å². The van der Waals surface area contributed by atoms with Crippen molar-refractivity contribution < 1.29 is 9.53 Å². The third kappa shape index (κ3) is 3.35. The number of nitrogens with one attached hydrogen (secondary N) is 1. The fourth-order valence-corrected chi connectivity index (χ4v) is 1.93. The van der Waals surface area contributed by atoms with Gasteiger partial charge in [-0.3, -0.25) is 5.32 Å². The van der Waals surface area contributed by atoms with Crippen LogP contribution in [0.4, 0.5) is 10.5 Å². The van der Waals surface area contributed by atoms with E-state index in [-0.39, 0.29) is 0 Å². The largest absolute Gasteiger partial charge is 0.417 e. The van der Waals surface area contributed by atoms with Crippen molar-refractivity contribution in [2.75, 3.05) is 5.32 Å². The Hall–Kier alpha value is -2.29. The summed E-state index contributed by atoms with van der Waals surface area (Å²) >= 11 is 0. The Kier molecular flexibility index (Phi) is 4.18. The topological polar surface area (TPSA) is 38.3 Å². The summed E-state index contributed by atoms with van der Waals surface area (Å²) in [5, 5.41) is 2.82. The molecule has 0 fully saturated rings. The number of anilines is 1. The Morgan fingerprint density at radius 3 is 2.53 bits per heavy atom. The molecule has 0 heterocycles. The van der Waals surface area contributed by atoms with Crippen LogP contribution in [0.2, 0.25) is 0 Å². The van der Waals surface area contributed by atoms with Crippen molar-refractivity contribution in [3.8, 4) is 5.75 Å². The molecule has 3 nitrogen and oxygen atoms in total. The monoisotopic (exact) mass is 255 g/mol. The smallest absolute Gasteiger partial charge is 0.410 e. The van der Waals surface area contributed by atoms with Gasteiger partial charge in [-0.2, -0.15) is 0 Å². The van der Waals surface area contributed by atoms with Crippen molar-refractivity contribution in [1.82, 2.24) is 0 Å². The van der Waals surface area contributed by atoms with E-state index in [9.17, 15) is 4.79 Å². The van der Waals surface area contributed by atoms with Crippen LogP contribution in [0.3, 0.4) is 0 Å². The van der Waals surface area contributed by atoms with Crippen molar-refractivity contribution >= 4 is 11.8 Å². The second-order valence-electron chi connectivity index (χ2n) is 4.29. The highest BCUT2D eigenvalue weighted by Crippen LogP contribution is 2.21. The van der Waals surface area contributed by atoms with Gasteiger partial charge >= 0.3 is 6.09 Å². The maximum absolute atomic E-state index is 11.9. The highest BCUT2D eigenvalue weighted by atomic mass is 16.6. The lowest BCUT2D eigenvalue weighted by Gasteiger charge is -2.12. The van der Waals surface area contributed by atoms with Crippen LogP contribution in [0.15, 0.2) is 48.5 Å². The molecule has 0 saturated heterocycles. The molecule has 0 radical (unpaired) electrons. The van der Waals surface area contributed by atoms with E-state index in [1.165, 1.54) is 0 Å². The zero-order valence-electron chi connectivity index (χ0n) is 11.1. The number of rotatable bonds is 3.